The summed E-state index contributed by atoms with van der Waals surface area (Å²) in [6.07, 6.45) is 3.20. The monoisotopic (exact) mass is 381 g/mol. The molecule has 1 N–H and O–H groups in total. The van der Waals surface area contributed by atoms with E-state index in [2.05, 4.69) is 14.7 Å². The van der Waals surface area contributed by atoms with Gasteiger partial charge in [0.25, 0.3) is 10.0 Å². The van der Waals surface area contributed by atoms with Crippen molar-refractivity contribution < 1.29 is 17.9 Å². The minimum Gasteiger partial charge on any atom is -0.454 e. The Hall–Kier alpha value is -3.39. The highest BCUT2D eigenvalue weighted by Crippen LogP contribution is 2.32. The minimum atomic E-state index is -3.70. The van der Waals surface area contributed by atoms with Gasteiger partial charge >= 0.3 is 0 Å². The number of anilines is 1. The van der Waals surface area contributed by atoms with Crippen molar-refractivity contribution in [2.75, 3.05) is 11.5 Å². The van der Waals surface area contributed by atoms with Crippen LogP contribution in [0.1, 0.15) is 5.56 Å². The van der Waals surface area contributed by atoms with Crippen molar-refractivity contribution in [2.24, 2.45) is 4.99 Å². The number of nitrogens with zero attached hydrogens (tertiary/aromatic N) is 2. The normalized spacial score (nSPS) is 13.0. The standard InChI is InChI=1S/C19H15N3O4S/c23-27(24,22-19-3-1-2-10-20-19)16-7-5-15(6-8-16)21-12-14-4-9-17-18(11-14)26-13-25-17/h1-12H,13H2,(H,20,22). The zero-order valence-corrected chi connectivity index (χ0v) is 14.9. The average Bonchev–Trinajstić information content (AvgIpc) is 3.15. The van der Waals surface area contributed by atoms with Crippen molar-refractivity contribution in [3.8, 4) is 11.5 Å². The van der Waals surface area contributed by atoms with Gasteiger partial charge < -0.3 is 9.47 Å². The van der Waals surface area contributed by atoms with Crippen molar-refractivity contribution in [1.29, 1.82) is 0 Å². The van der Waals surface area contributed by atoms with Crippen molar-refractivity contribution in [1.82, 2.24) is 4.98 Å². The topological polar surface area (TPSA) is 89.9 Å². The molecule has 0 amide bonds. The number of nitrogens with one attached hydrogen (secondary N) is 1. The van der Waals surface area contributed by atoms with Crippen LogP contribution in [0.25, 0.3) is 0 Å². The van der Waals surface area contributed by atoms with Crippen molar-refractivity contribution in [3.63, 3.8) is 0 Å². The highest BCUT2D eigenvalue weighted by Gasteiger charge is 2.14. The van der Waals surface area contributed by atoms with E-state index in [1.807, 2.05) is 18.2 Å². The maximum atomic E-state index is 12.4. The Labute approximate surface area is 156 Å². The lowest BCUT2D eigenvalue weighted by Gasteiger charge is -2.07. The molecular weight excluding hydrogens is 366 g/mol. The lowest BCUT2D eigenvalue weighted by molar-refractivity contribution is 0.174. The van der Waals surface area contributed by atoms with Crippen molar-refractivity contribution >= 4 is 27.7 Å². The summed E-state index contributed by atoms with van der Waals surface area (Å²) in [4.78, 5) is 8.46. The number of rotatable bonds is 5. The summed E-state index contributed by atoms with van der Waals surface area (Å²) < 4.78 is 37.8. The molecule has 0 radical (unpaired) electrons. The van der Waals surface area contributed by atoms with Crippen molar-refractivity contribution in [2.45, 2.75) is 4.90 Å². The molecular formula is C19H15N3O4S. The van der Waals surface area contributed by atoms with Gasteiger partial charge in [-0.1, -0.05) is 6.07 Å². The van der Waals surface area contributed by atoms with Crippen molar-refractivity contribution in [3.05, 3.63) is 72.4 Å². The predicted octanol–water partition coefficient (Wildman–Crippen LogP) is 3.36. The molecule has 1 aliphatic rings. The minimum absolute atomic E-state index is 0.134. The van der Waals surface area contributed by atoms with Gasteiger partial charge in [-0.15, -0.1) is 0 Å². The van der Waals surface area contributed by atoms with Crippen LogP contribution in [0.5, 0.6) is 11.5 Å². The summed E-state index contributed by atoms with van der Waals surface area (Å²) in [5.74, 6) is 1.66. The van der Waals surface area contributed by atoms with E-state index in [9.17, 15) is 8.42 Å². The number of sulfonamides is 1. The molecule has 0 aliphatic carbocycles. The van der Waals surface area contributed by atoms with Gasteiger partial charge in [0.15, 0.2) is 11.5 Å². The maximum absolute atomic E-state index is 12.4. The number of fused-ring (bicyclic) bond motifs is 1. The quantitative estimate of drug-likeness (QED) is 0.685. The van der Waals surface area contributed by atoms with E-state index in [-0.39, 0.29) is 17.5 Å². The highest BCUT2D eigenvalue weighted by molar-refractivity contribution is 7.92. The first-order valence-corrected chi connectivity index (χ1v) is 9.56. The largest absolute Gasteiger partial charge is 0.454 e. The van der Waals surface area contributed by atoms with Crippen LogP contribution < -0.4 is 14.2 Å². The third kappa shape index (κ3) is 3.90. The average molecular weight is 381 g/mol. The summed E-state index contributed by atoms with van der Waals surface area (Å²) in [6.45, 7) is 0.221. The van der Waals surface area contributed by atoms with Crippen LogP contribution in [0.3, 0.4) is 0 Å². The Morgan fingerprint density at radius 1 is 1.00 bits per heavy atom. The summed E-state index contributed by atoms with van der Waals surface area (Å²) >= 11 is 0. The number of hydrogen-bond donors (Lipinski definition) is 1. The third-order valence-corrected chi connectivity index (χ3v) is 5.18. The fraction of sp³-hybridized carbons (Fsp3) is 0.0526. The third-order valence-electron chi connectivity index (χ3n) is 3.81. The van der Waals surface area contributed by atoms with Crippen LogP contribution in [-0.2, 0) is 10.0 Å². The summed E-state index contributed by atoms with van der Waals surface area (Å²) in [6, 6.07) is 16.8. The lowest BCUT2D eigenvalue weighted by Crippen LogP contribution is -2.13. The molecule has 0 saturated carbocycles. The van der Waals surface area contributed by atoms with Crippen LogP contribution in [-0.4, -0.2) is 26.4 Å². The van der Waals surface area contributed by atoms with E-state index in [0.717, 1.165) is 5.56 Å². The first kappa shape index (κ1) is 17.0. The van der Waals surface area contributed by atoms with Gasteiger partial charge in [-0.05, 0) is 60.2 Å². The Bertz CT molecular complexity index is 1080. The molecule has 0 fully saturated rings. The molecule has 136 valence electrons. The molecule has 3 aromatic rings. The van der Waals surface area contributed by atoms with E-state index in [4.69, 9.17) is 9.47 Å². The van der Waals surface area contributed by atoms with Gasteiger partial charge in [0.1, 0.15) is 5.82 Å². The van der Waals surface area contributed by atoms with Gasteiger partial charge in [-0.3, -0.25) is 9.71 Å². The fourth-order valence-corrected chi connectivity index (χ4v) is 3.48. The molecule has 1 aromatic heterocycles. The second-order valence-corrected chi connectivity index (χ2v) is 7.37. The van der Waals surface area contributed by atoms with Gasteiger partial charge in [-0.25, -0.2) is 13.4 Å². The molecule has 2 heterocycles. The molecule has 0 atom stereocenters. The predicted molar refractivity (Wildman–Crippen MR) is 101 cm³/mol. The summed E-state index contributed by atoms with van der Waals surface area (Å²) in [5, 5.41) is 0. The molecule has 0 spiro atoms. The number of ether oxygens (including phenoxy) is 2. The fourth-order valence-electron chi connectivity index (χ4n) is 2.47. The Kier molecular flexibility index (Phi) is 4.47. The summed E-state index contributed by atoms with van der Waals surface area (Å²) in [5.41, 5.74) is 1.48. The molecule has 7 nitrogen and oxygen atoms in total. The Morgan fingerprint density at radius 3 is 2.59 bits per heavy atom. The van der Waals surface area contributed by atoms with Crippen LogP contribution in [0.4, 0.5) is 11.5 Å². The van der Waals surface area contributed by atoms with Gasteiger partial charge in [0.05, 0.1) is 10.6 Å². The number of aliphatic imine (C=N–C) groups is 1. The second-order valence-electron chi connectivity index (χ2n) is 5.69. The van der Waals surface area contributed by atoms with E-state index >= 15 is 0 Å². The van der Waals surface area contributed by atoms with Crippen LogP contribution in [0.2, 0.25) is 0 Å². The summed E-state index contributed by atoms with van der Waals surface area (Å²) in [7, 11) is -3.70. The lowest BCUT2D eigenvalue weighted by atomic mass is 10.2. The smallest absolute Gasteiger partial charge is 0.263 e. The van der Waals surface area contributed by atoms with E-state index in [0.29, 0.717) is 17.2 Å². The first-order chi connectivity index (χ1) is 13.1. The Morgan fingerprint density at radius 2 is 1.81 bits per heavy atom. The zero-order chi connectivity index (χ0) is 18.7. The molecule has 0 bridgehead atoms. The van der Waals surface area contributed by atoms with E-state index in [1.165, 1.54) is 18.3 Å². The molecule has 0 unspecified atom stereocenters. The second kappa shape index (κ2) is 7.08. The molecule has 1 aliphatic heterocycles. The number of hydrogen-bond acceptors (Lipinski definition) is 6. The molecule has 27 heavy (non-hydrogen) atoms. The number of benzene rings is 2. The Balaban J connectivity index is 1.48. The van der Waals surface area contributed by atoms with Crippen LogP contribution in [0, 0.1) is 0 Å². The molecule has 0 saturated heterocycles. The molecule has 2 aromatic carbocycles. The van der Waals surface area contributed by atoms with E-state index in [1.54, 1.807) is 36.5 Å². The number of pyridine rings is 1. The highest BCUT2D eigenvalue weighted by atomic mass is 32.2. The van der Waals surface area contributed by atoms with Gasteiger partial charge in [-0.2, -0.15) is 0 Å². The SMILES string of the molecule is O=S(=O)(Nc1ccccn1)c1ccc(N=Cc2ccc3c(c2)OCO3)cc1. The first-order valence-electron chi connectivity index (χ1n) is 8.08. The zero-order valence-electron chi connectivity index (χ0n) is 14.1. The van der Waals surface area contributed by atoms with E-state index < -0.39 is 10.0 Å². The maximum Gasteiger partial charge on any atom is 0.263 e. The molecule has 4 rings (SSSR count). The molecule has 8 heteroatoms. The van der Waals surface area contributed by atoms with Crippen LogP contribution in [0.15, 0.2) is 76.7 Å². The van der Waals surface area contributed by atoms with Gasteiger partial charge in [0.2, 0.25) is 6.79 Å². The van der Waals surface area contributed by atoms with Gasteiger partial charge in [0, 0.05) is 12.4 Å². The number of aromatic nitrogens is 1. The van der Waals surface area contributed by atoms with Crippen LogP contribution >= 0.6 is 0 Å².